The molecule has 0 bridgehead atoms. The Kier molecular flexibility index (Phi) is 6.14. The van der Waals surface area contributed by atoms with Gasteiger partial charge in [-0.2, -0.15) is 5.10 Å². The number of hydrogen-bond donors (Lipinski definition) is 3. The lowest BCUT2D eigenvalue weighted by Gasteiger charge is -2.22. The third-order valence-electron chi connectivity index (χ3n) is 5.46. The molecule has 0 spiro atoms. The molecule has 3 N–H and O–H groups in total. The molecule has 2 aromatic heterocycles. The summed E-state index contributed by atoms with van der Waals surface area (Å²) in [5.41, 5.74) is 0.0662. The fourth-order valence-corrected chi connectivity index (χ4v) is 6.50. The molecule has 0 fully saturated rings. The van der Waals surface area contributed by atoms with Crippen molar-refractivity contribution in [3.05, 3.63) is 92.9 Å². The first-order valence-corrected chi connectivity index (χ1v) is 15.1. The minimum Gasteiger partial charge on any atom is -0.505 e. The van der Waals surface area contributed by atoms with E-state index in [-0.39, 0.29) is 39.8 Å². The Balaban J connectivity index is 1.66. The molecule has 0 radical (unpaired) electrons. The molecule has 5 rings (SSSR count). The summed E-state index contributed by atoms with van der Waals surface area (Å²) in [6.07, 6.45) is 0.953. The number of fused-ring (bicyclic) bond motifs is 1. The van der Waals surface area contributed by atoms with Gasteiger partial charge in [-0.3, -0.25) is 9.52 Å². The molecule has 0 atom stereocenters. The van der Waals surface area contributed by atoms with Crippen LogP contribution in [0.5, 0.6) is 5.75 Å². The summed E-state index contributed by atoms with van der Waals surface area (Å²) in [5, 5.41) is 21.1. The normalized spacial score (nSPS) is 14.4. The molecule has 37 heavy (non-hydrogen) atoms. The van der Waals surface area contributed by atoms with Gasteiger partial charge in [-0.1, -0.05) is 36.4 Å². The molecular formula is C24H20N4O6S3. The fraction of sp³-hybridized carbons (Fsp3) is 0.0833. The number of sulfone groups is 1. The average Bonchev–Trinajstić information content (AvgIpc) is 3.35. The van der Waals surface area contributed by atoms with Crippen molar-refractivity contribution in [2.45, 2.75) is 11.4 Å². The van der Waals surface area contributed by atoms with E-state index in [0.717, 1.165) is 17.2 Å². The van der Waals surface area contributed by atoms with Crippen molar-refractivity contribution < 1.29 is 21.9 Å². The van der Waals surface area contributed by atoms with E-state index in [1.54, 1.807) is 17.5 Å². The molecule has 0 unspecified atom stereocenters. The lowest BCUT2D eigenvalue weighted by atomic mass is 10.1. The summed E-state index contributed by atoms with van der Waals surface area (Å²) < 4.78 is 53.0. The van der Waals surface area contributed by atoms with Gasteiger partial charge in [0.05, 0.1) is 39.4 Å². The lowest BCUT2D eigenvalue weighted by Crippen LogP contribution is -2.29. The second-order valence-electron chi connectivity index (χ2n) is 8.28. The Labute approximate surface area is 216 Å². The molecule has 2 aromatic carbocycles. The predicted molar refractivity (Wildman–Crippen MR) is 143 cm³/mol. The van der Waals surface area contributed by atoms with Crippen molar-refractivity contribution in [3.63, 3.8) is 0 Å². The Morgan fingerprint density at radius 2 is 1.86 bits per heavy atom. The first-order valence-electron chi connectivity index (χ1n) is 10.8. The number of nitrogens with one attached hydrogen (secondary N) is 2. The van der Waals surface area contributed by atoms with Crippen LogP contribution in [0, 0.1) is 0 Å². The van der Waals surface area contributed by atoms with E-state index in [2.05, 4.69) is 15.1 Å². The van der Waals surface area contributed by atoms with Crippen molar-refractivity contribution in [2.75, 3.05) is 16.3 Å². The number of benzene rings is 2. The maximum atomic E-state index is 13.5. The van der Waals surface area contributed by atoms with E-state index in [1.165, 1.54) is 34.2 Å². The van der Waals surface area contributed by atoms with Gasteiger partial charge in [0.2, 0.25) is 19.9 Å². The van der Waals surface area contributed by atoms with Crippen molar-refractivity contribution in [3.8, 4) is 16.3 Å². The monoisotopic (exact) mass is 556 g/mol. The van der Waals surface area contributed by atoms with E-state index in [4.69, 9.17) is 0 Å². The van der Waals surface area contributed by atoms with Crippen molar-refractivity contribution >= 4 is 48.3 Å². The fourth-order valence-electron chi connectivity index (χ4n) is 3.90. The van der Waals surface area contributed by atoms with Gasteiger partial charge < -0.3 is 10.4 Å². The highest BCUT2D eigenvalue weighted by molar-refractivity contribution is 7.94. The first-order chi connectivity index (χ1) is 17.5. The second kappa shape index (κ2) is 9.18. The summed E-state index contributed by atoms with van der Waals surface area (Å²) in [7, 11) is -7.75. The Bertz CT molecular complexity index is 1810. The van der Waals surface area contributed by atoms with Gasteiger partial charge in [-0.15, -0.1) is 11.3 Å². The topological polar surface area (TPSA) is 147 Å². The summed E-state index contributed by atoms with van der Waals surface area (Å²) >= 11 is 1.31. The zero-order chi connectivity index (χ0) is 26.4. The first kappa shape index (κ1) is 24.7. The van der Waals surface area contributed by atoms with E-state index in [1.807, 2.05) is 30.3 Å². The Morgan fingerprint density at radius 1 is 1.11 bits per heavy atom. The van der Waals surface area contributed by atoms with Crippen LogP contribution in [-0.2, 0) is 26.4 Å². The smallest absolute Gasteiger partial charge is 0.280 e. The van der Waals surface area contributed by atoms with Gasteiger partial charge in [0.15, 0.2) is 5.75 Å². The zero-order valence-electron chi connectivity index (χ0n) is 19.2. The Morgan fingerprint density at radius 3 is 2.54 bits per heavy atom. The molecule has 0 amide bonds. The predicted octanol–water partition coefficient (Wildman–Crippen LogP) is 3.30. The minimum absolute atomic E-state index is 0.0698. The highest BCUT2D eigenvalue weighted by Gasteiger charge is 2.30. The maximum Gasteiger partial charge on any atom is 0.280 e. The van der Waals surface area contributed by atoms with Crippen LogP contribution in [0.2, 0.25) is 0 Å². The number of hydrogen-bond acceptors (Lipinski definition) is 9. The minimum atomic E-state index is -4.13. The third-order valence-corrected chi connectivity index (χ3v) is 8.44. The number of nitrogens with zero attached hydrogens (tertiary/aromatic N) is 2. The van der Waals surface area contributed by atoms with Gasteiger partial charge >= 0.3 is 0 Å². The van der Waals surface area contributed by atoms with Gasteiger partial charge in [-0.25, -0.2) is 21.5 Å². The van der Waals surface area contributed by atoms with Crippen LogP contribution < -0.4 is 15.6 Å². The van der Waals surface area contributed by atoms with Crippen LogP contribution in [0.4, 0.5) is 11.4 Å². The molecule has 0 saturated carbocycles. The molecule has 13 heteroatoms. The molecule has 1 aliphatic heterocycles. The third kappa shape index (κ3) is 5.01. The molecule has 190 valence electrons. The molecule has 4 aromatic rings. The number of rotatable bonds is 6. The molecule has 10 nitrogen and oxygen atoms in total. The van der Waals surface area contributed by atoms with Gasteiger partial charge in [0.25, 0.3) is 5.56 Å². The van der Waals surface area contributed by atoms with E-state index < -0.39 is 31.2 Å². The standard InChI is InChI=1S/C24H20N4O6S3/c1-36(31,32)27-16-9-10-17-20(12-16)37(33,34)14-18(25-17)21-23(29)22(19-8-5-11-35-19)26-28(24(21)30)13-15-6-3-2-4-7-15/h2-12,14,25,27,29H,13H2,1H3. The number of sulfonamides is 1. The van der Waals surface area contributed by atoms with E-state index in [9.17, 15) is 26.7 Å². The van der Waals surface area contributed by atoms with Gasteiger partial charge in [-0.05, 0) is 35.2 Å². The number of aromatic hydroxyl groups is 1. The van der Waals surface area contributed by atoms with Crippen LogP contribution in [-0.4, -0.2) is 38.0 Å². The average molecular weight is 557 g/mol. The van der Waals surface area contributed by atoms with Crippen molar-refractivity contribution in [1.82, 2.24) is 9.78 Å². The lowest BCUT2D eigenvalue weighted by molar-refractivity contribution is 0.463. The quantitative estimate of drug-likeness (QED) is 0.328. The zero-order valence-corrected chi connectivity index (χ0v) is 21.7. The summed E-state index contributed by atoms with van der Waals surface area (Å²) in [6.45, 7) is 0.0997. The summed E-state index contributed by atoms with van der Waals surface area (Å²) in [6, 6.07) is 16.6. The molecule has 1 aliphatic rings. The largest absolute Gasteiger partial charge is 0.505 e. The van der Waals surface area contributed by atoms with E-state index >= 15 is 0 Å². The van der Waals surface area contributed by atoms with Crippen LogP contribution in [0.15, 0.2) is 81.1 Å². The summed E-state index contributed by atoms with van der Waals surface area (Å²) in [5.74, 6) is -0.454. The summed E-state index contributed by atoms with van der Waals surface area (Å²) in [4.78, 5) is 14.0. The van der Waals surface area contributed by atoms with Crippen molar-refractivity contribution in [2.24, 2.45) is 0 Å². The van der Waals surface area contributed by atoms with Crippen molar-refractivity contribution in [1.29, 1.82) is 0 Å². The van der Waals surface area contributed by atoms with Gasteiger partial charge in [0, 0.05) is 5.69 Å². The number of thiophene rings is 1. The molecule has 0 aliphatic carbocycles. The van der Waals surface area contributed by atoms with Gasteiger partial charge in [0.1, 0.15) is 11.3 Å². The molecular weight excluding hydrogens is 536 g/mol. The number of aromatic nitrogens is 2. The van der Waals surface area contributed by atoms with Crippen LogP contribution in [0.25, 0.3) is 16.3 Å². The molecule has 3 heterocycles. The Hall–Kier alpha value is -3.94. The van der Waals surface area contributed by atoms with Crippen LogP contribution >= 0.6 is 11.3 Å². The molecule has 0 saturated heterocycles. The van der Waals surface area contributed by atoms with Crippen LogP contribution in [0.3, 0.4) is 0 Å². The van der Waals surface area contributed by atoms with Crippen LogP contribution in [0.1, 0.15) is 11.1 Å². The highest BCUT2D eigenvalue weighted by Crippen LogP contribution is 2.39. The number of anilines is 2. The maximum absolute atomic E-state index is 13.5. The highest BCUT2D eigenvalue weighted by atomic mass is 32.2. The second-order valence-corrected chi connectivity index (χ2v) is 12.7. The van der Waals surface area contributed by atoms with E-state index in [0.29, 0.717) is 4.88 Å². The SMILES string of the molecule is CS(=O)(=O)Nc1ccc2c(c1)S(=O)(=O)C=C(c1c(O)c(-c3cccs3)nn(Cc3ccccc3)c1=O)N2.